The van der Waals surface area contributed by atoms with Gasteiger partial charge in [-0.1, -0.05) is 36.4 Å². The smallest absolute Gasteiger partial charge is 0.475 e. The number of ether oxygens (including phenoxy) is 1. The second-order valence-electron chi connectivity index (χ2n) is 7.96. The Balaban J connectivity index is 0.000000708. The summed E-state index contributed by atoms with van der Waals surface area (Å²) in [5.74, 6) is 0.903. The molecule has 9 nitrogen and oxygen atoms in total. The fourth-order valence-corrected chi connectivity index (χ4v) is 3.35. The first-order valence-electron chi connectivity index (χ1n) is 11.2. The fraction of sp³-hybridized carbons (Fsp3) is 0.148. The molecule has 3 rings (SSSR count). The first-order valence-corrected chi connectivity index (χ1v) is 11.2. The van der Waals surface area contributed by atoms with Gasteiger partial charge in [-0.05, 0) is 47.0 Å². The lowest BCUT2D eigenvalue weighted by atomic mass is 9.98. The summed E-state index contributed by atoms with van der Waals surface area (Å²) in [6, 6.07) is 18.6. The Morgan fingerprint density at radius 3 is 2.33 bits per heavy atom. The molecule has 0 saturated heterocycles. The highest BCUT2D eigenvalue weighted by atomic mass is 19.4. The number of carbonyl (C=O) groups is 3. The minimum atomic E-state index is -5.08. The Hall–Kier alpha value is -5.25. The number of hydrogen-bond acceptors (Lipinski definition) is 7. The number of hydrazone groups is 1. The van der Waals surface area contributed by atoms with E-state index in [2.05, 4.69) is 10.4 Å². The highest BCUT2D eigenvalue weighted by Gasteiger charge is 2.38. The number of nitriles is 1. The third-order valence-electron chi connectivity index (χ3n) is 5.21. The lowest BCUT2D eigenvalue weighted by molar-refractivity contribution is -0.192. The Labute approximate surface area is 225 Å². The van der Waals surface area contributed by atoms with Gasteiger partial charge in [0.1, 0.15) is 11.9 Å². The number of esters is 1. The lowest BCUT2D eigenvalue weighted by Crippen LogP contribution is -2.43. The molecule has 1 atom stereocenters. The van der Waals surface area contributed by atoms with Crippen LogP contribution in [0, 0.1) is 17.1 Å². The summed E-state index contributed by atoms with van der Waals surface area (Å²) >= 11 is 0. The summed E-state index contributed by atoms with van der Waals surface area (Å²) in [5, 5.41) is 22.6. The molecular weight excluding hydrogens is 536 g/mol. The van der Waals surface area contributed by atoms with Crippen LogP contribution in [0.2, 0.25) is 0 Å². The third-order valence-corrected chi connectivity index (χ3v) is 5.21. The molecule has 13 heteroatoms. The van der Waals surface area contributed by atoms with E-state index in [-0.39, 0.29) is 6.42 Å². The van der Waals surface area contributed by atoms with Gasteiger partial charge < -0.3 is 21.0 Å². The number of nitrogens with zero attached hydrogens (tertiary/aromatic N) is 2. The maximum atomic E-state index is 13.6. The van der Waals surface area contributed by atoms with Gasteiger partial charge in [-0.15, -0.1) is 0 Å². The minimum Gasteiger partial charge on any atom is -0.475 e. The van der Waals surface area contributed by atoms with Crippen molar-refractivity contribution in [2.45, 2.75) is 18.6 Å². The SMILES string of the molecule is COC(=O)[C@H](Cc1cccc(/C=N\N)c1)NC(=O)c1ccc(-c2cc(F)ccc2C#N)cc1.O=C(O)C(F)(F)F. The molecule has 0 aliphatic carbocycles. The Morgan fingerprint density at radius 2 is 1.77 bits per heavy atom. The maximum absolute atomic E-state index is 13.6. The molecule has 0 bridgehead atoms. The van der Waals surface area contributed by atoms with Crippen LogP contribution in [0.4, 0.5) is 17.6 Å². The standard InChI is InChI=1S/C25H21FN4O3.C2HF3O2/c1-33-25(32)23(12-16-3-2-4-17(11-16)15-29-28)30-24(31)19-7-5-18(6-8-19)22-13-21(26)10-9-20(22)14-27;3-2(4,5)1(6)7/h2-11,13,15,23H,12,28H2,1H3,(H,30,31);(H,6,7)/b29-15-;/t23-;/m0./s1. The van der Waals surface area contributed by atoms with Crippen LogP contribution in [0.15, 0.2) is 71.8 Å². The van der Waals surface area contributed by atoms with Gasteiger partial charge in [-0.25, -0.2) is 14.0 Å². The number of amides is 1. The summed E-state index contributed by atoms with van der Waals surface area (Å²) in [6.07, 6.45) is -3.40. The van der Waals surface area contributed by atoms with Crippen LogP contribution in [0.3, 0.4) is 0 Å². The van der Waals surface area contributed by atoms with Gasteiger partial charge in [0.05, 0.1) is 25.0 Å². The number of nitrogens with two attached hydrogens (primary N) is 1. The van der Waals surface area contributed by atoms with E-state index in [9.17, 15) is 32.4 Å². The molecule has 40 heavy (non-hydrogen) atoms. The number of carboxylic acid groups (broad SMARTS) is 1. The van der Waals surface area contributed by atoms with Crippen LogP contribution < -0.4 is 11.2 Å². The van der Waals surface area contributed by atoms with E-state index >= 15 is 0 Å². The number of benzene rings is 3. The zero-order chi connectivity index (χ0) is 29.9. The highest BCUT2D eigenvalue weighted by molar-refractivity contribution is 5.97. The predicted octanol–water partition coefficient (Wildman–Crippen LogP) is 3.80. The molecule has 0 fully saturated rings. The molecule has 0 radical (unpaired) electrons. The van der Waals surface area contributed by atoms with Gasteiger partial charge in [0, 0.05) is 17.5 Å². The van der Waals surface area contributed by atoms with E-state index < -0.39 is 35.9 Å². The summed E-state index contributed by atoms with van der Waals surface area (Å²) in [4.78, 5) is 34.0. The summed E-state index contributed by atoms with van der Waals surface area (Å²) < 4.78 is 50.2. The number of aliphatic carboxylic acids is 1. The van der Waals surface area contributed by atoms with E-state index in [0.717, 1.165) is 11.1 Å². The zero-order valence-corrected chi connectivity index (χ0v) is 20.8. The molecular formula is C27H22F4N4O5. The topological polar surface area (TPSA) is 155 Å². The average Bonchev–Trinajstić information content (AvgIpc) is 2.92. The lowest BCUT2D eigenvalue weighted by Gasteiger charge is -2.17. The summed E-state index contributed by atoms with van der Waals surface area (Å²) in [7, 11) is 1.25. The number of nitrogens with one attached hydrogen (secondary N) is 1. The first kappa shape index (κ1) is 31.0. The van der Waals surface area contributed by atoms with E-state index in [1.807, 2.05) is 18.2 Å². The van der Waals surface area contributed by atoms with Crippen molar-refractivity contribution in [1.82, 2.24) is 5.32 Å². The van der Waals surface area contributed by atoms with E-state index in [1.165, 1.54) is 31.5 Å². The van der Waals surface area contributed by atoms with E-state index in [1.54, 1.807) is 36.4 Å². The van der Waals surface area contributed by atoms with Crippen LogP contribution >= 0.6 is 0 Å². The van der Waals surface area contributed by atoms with E-state index in [4.69, 9.17) is 20.5 Å². The average molecular weight is 558 g/mol. The van der Waals surface area contributed by atoms with Crippen molar-refractivity contribution in [2.24, 2.45) is 10.9 Å². The van der Waals surface area contributed by atoms with Crippen LogP contribution in [-0.2, 0) is 20.7 Å². The van der Waals surface area contributed by atoms with Crippen LogP contribution in [0.5, 0.6) is 0 Å². The molecule has 0 unspecified atom stereocenters. The summed E-state index contributed by atoms with van der Waals surface area (Å²) in [5.41, 5.74) is 3.18. The minimum absolute atomic E-state index is 0.206. The van der Waals surface area contributed by atoms with Gasteiger partial charge in [0.15, 0.2) is 0 Å². The van der Waals surface area contributed by atoms with Gasteiger partial charge in [0.2, 0.25) is 0 Å². The number of carbonyl (C=O) groups excluding carboxylic acids is 2. The van der Waals surface area contributed by atoms with Crippen molar-refractivity contribution in [3.05, 3.63) is 94.8 Å². The molecule has 0 aliphatic heterocycles. The number of rotatable bonds is 7. The van der Waals surface area contributed by atoms with Gasteiger partial charge >= 0.3 is 18.1 Å². The quantitative estimate of drug-likeness (QED) is 0.131. The molecule has 208 valence electrons. The number of alkyl halides is 3. The second-order valence-corrected chi connectivity index (χ2v) is 7.96. The fourth-order valence-electron chi connectivity index (χ4n) is 3.35. The van der Waals surface area contributed by atoms with Crippen molar-refractivity contribution < 1.29 is 41.8 Å². The van der Waals surface area contributed by atoms with Crippen molar-refractivity contribution in [3.8, 4) is 17.2 Å². The van der Waals surface area contributed by atoms with E-state index in [0.29, 0.717) is 22.3 Å². The van der Waals surface area contributed by atoms with Crippen molar-refractivity contribution in [1.29, 1.82) is 5.26 Å². The number of hydrogen-bond donors (Lipinski definition) is 3. The van der Waals surface area contributed by atoms with Crippen LogP contribution in [0.1, 0.15) is 27.0 Å². The number of halogens is 4. The largest absolute Gasteiger partial charge is 0.490 e. The molecule has 0 heterocycles. The predicted molar refractivity (Wildman–Crippen MR) is 135 cm³/mol. The highest BCUT2D eigenvalue weighted by Crippen LogP contribution is 2.25. The molecule has 3 aromatic rings. The third kappa shape index (κ3) is 8.95. The second kappa shape index (κ2) is 14.1. The normalized spacial score (nSPS) is 11.5. The number of methoxy groups -OCH3 is 1. The van der Waals surface area contributed by atoms with Crippen molar-refractivity contribution in [2.75, 3.05) is 7.11 Å². The van der Waals surface area contributed by atoms with Gasteiger partial charge in [-0.2, -0.15) is 23.5 Å². The monoisotopic (exact) mass is 558 g/mol. The molecule has 0 aliphatic rings. The van der Waals surface area contributed by atoms with Crippen LogP contribution in [0.25, 0.3) is 11.1 Å². The molecule has 0 saturated carbocycles. The zero-order valence-electron chi connectivity index (χ0n) is 20.8. The van der Waals surface area contributed by atoms with Crippen molar-refractivity contribution in [3.63, 3.8) is 0 Å². The number of carboxylic acids is 1. The molecule has 1 amide bonds. The van der Waals surface area contributed by atoms with Gasteiger partial charge in [0.25, 0.3) is 5.91 Å². The Morgan fingerprint density at radius 1 is 1.12 bits per heavy atom. The molecule has 3 aromatic carbocycles. The first-order chi connectivity index (χ1) is 18.9. The Kier molecular flexibility index (Phi) is 10.9. The van der Waals surface area contributed by atoms with Crippen LogP contribution in [-0.4, -0.2) is 48.5 Å². The molecule has 0 aromatic heterocycles. The Bertz CT molecular complexity index is 1430. The molecule has 4 N–H and O–H groups in total. The van der Waals surface area contributed by atoms with Gasteiger partial charge in [-0.3, -0.25) is 4.79 Å². The molecule has 0 spiro atoms. The maximum Gasteiger partial charge on any atom is 0.490 e. The van der Waals surface area contributed by atoms with Crippen molar-refractivity contribution >= 4 is 24.1 Å². The summed E-state index contributed by atoms with van der Waals surface area (Å²) in [6.45, 7) is 0.